The van der Waals surface area contributed by atoms with Crippen molar-refractivity contribution in [2.45, 2.75) is 39.3 Å². The molecule has 0 aromatic heterocycles. The minimum Gasteiger partial charge on any atom is -0.512 e. The van der Waals surface area contributed by atoms with Gasteiger partial charge < -0.3 is 24.9 Å². The van der Waals surface area contributed by atoms with Gasteiger partial charge in [-0.1, -0.05) is 39.3 Å². The molecule has 0 N–H and O–H groups in total. The van der Waals surface area contributed by atoms with Crippen molar-refractivity contribution < 1.29 is 54.8 Å². The summed E-state index contributed by atoms with van der Waals surface area (Å²) in [4.78, 5) is 0. The first kappa shape index (κ1) is 36.0. The summed E-state index contributed by atoms with van der Waals surface area (Å²) in [5, 5.41) is 6.25. The van der Waals surface area contributed by atoms with Crippen molar-refractivity contribution in [2.75, 3.05) is 0 Å². The first-order chi connectivity index (χ1) is 5.00. The summed E-state index contributed by atoms with van der Waals surface area (Å²) in [7, 11) is -1.72. The molecule has 0 radical (unpaired) electrons. The standard InChI is InChI=1S/2C4H11Si.CN.Cu.2Li/c2*1-5(2,3)4;1-2;;;/h2*1H2,2-4H3;;;;/q3*-1;3*+1. The maximum atomic E-state index is 6.25. The Labute approximate surface area is 134 Å². The van der Waals surface area contributed by atoms with Crippen LogP contribution in [0.4, 0.5) is 0 Å². The van der Waals surface area contributed by atoms with Crippen LogP contribution in [0.15, 0.2) is 0 Å². The monoisotopic (exact) mass is 277 g/mol. The van der Waals surface area contributed by atoms with Crippen LogP contribution in [0.2, 0.25) is 39.3 Å². The molecule has 0 heterocycles. The van der Waals surface area contributed by atoms with Gasteiger partial charge in [0.1, 0.15) is 0 Å². The first-order valence-electron chi connectivity index (χ1n) is 3.93. The third-order valence-electron chi connectivity index (χ3n) is 0. The molecule has 0 saturated carbocycles. The summed E-state index contributed by atoms with van der Waals surface area (Å²) in [6.07, 6.45) is 0. The van der Waals surface area contributed by atoms with Crippen molar-refractivity contribution in [3.05, 3.63) is 19.7 Å². The molecule has 1 nitrogen and oxygen atoms in total. The Morgan fingerprint density at radius 2 is 0.733 bits per heavy atom. The van der Waals surface area contributed by atoms with E-state index in [1.807, 2.05) is 0 Å². The molecule has 0 atom stereocenters. The van der Waals surface area contributed by atoms with E-state index in [1.54, 1.807) is 0 Å². The van der Waals surface area contributed by atoms with E-state index < -0.39 is 16.1 Å². The second-order valence-corrected chi connectivity index (χ2v) is 15.4. The molecular formula is C9H22CuLi2NSi2. The summed E-state index contributed by atoms with van der Waals surface area (Å²) in [5.74, 6) is 0. The fraction of sp³-hybridized carbons (Fsp3) is 0.667. The SMILES string of the molecule is [C-]#N.[CH2-][Si](C)(C)C.[CH2-][Si](C)(C)C.[Cu+].[Li+].[Li+]. The van der Waals surface area contributed by atoms with Crippen molar-refractivity contribution in [3.8, 4) is 0 Å². The van der Waals surface area contributed by atoms with Crippen LogP contribution in [0.1, 0.15) is 0 Å². The van der Waals surface area contributed by atoms with E-state index in [-0.39, 0.29) is 54.8 Å². The number of hydrogen-bond donors (Lipinski definition) is 0. The largest absolute Gasteiger partial charge is 1.00 e. The molecule has 0 aromatic carbocycles. The van der Waals surface area contributed by atoms with Crippen LogP contribution in [0.5, 0.6) is 0 Å². The normalized spacial score (nSPS) is 8.13. The van der Waals surface area contributed by atoms with E-state index in [0.29, 0.717) is 0 Å². The summed E-state index contributed by atoms with van der Waals surface area (Å²) >= 11 is 0. The zero-order valence-corrected chi connectivity index (χ0v) is 14.6. The van der Waals surface area contributed by atoms with Crippen LogP contribution >= 0.6 is 0 Å². The molecule has 0 saturated heterocycles. The Balaban J connectivity index is -0.0000000197. The fourth-order valence-corrected chi connectivity index (χ4v) is 0. The quantitative estimate of drug-likeness (QED) is 0.355. The Kier molecular flexibility index (Phi) is 43.2. The van der Waals surface area contributed by atoms with E-state index in [1.165, 1.54) is 0 Å². The van der Waals surface area contributed by atoms with Gasteiger partial charge in [0.25, 0.3) is 0 Å². The molecule has 0 bridgehead atoms. The van der Waals surface area contributed by atoms with Gasteiger partial charge in [-0.3, -0.25) is 0 Å². The Morgan fingerprint density at radius 1 is 0.733 bits per heavy atom. The molecule has 0 spiro atoms. The van der Waals surface area contributed by atoms with Gasteiger partial charge in [-0.15, -0.1) is 16.1 Å². The van der Waals surface area contributed by atoms with Crippen LogP contribution in [0.3, 0.4) is 0 Å². The van der Waals surface area contributed by atoms with Crippen LogP contribution in [0.25, 0.3) is 0 Å². The minimum absolute atomic E-state index is 0. The topological polar surface area (TPSA) is 23.8 Å². The van der Waals surface area contributed by atoms with E-state index >= 15 is 0 Å². The van der Waals surface area contributed by atoms with E-state index in [0.717, 1.165) is 0 Å². The molecule has 0 amide bonds. The molecule has 6 heteroatoms. The zero-order valence-electron chi connectivity index (χ0n) is 11.7. The molecule has 0 aliphatic carbocycles. The molecule has 0 fully saturated rings. The van der Waals surface area contributed by atoms with Crippen LogP contribution < -0.4 is 37.7 Å². The van der Waals surface area contributed by atoms with Crippen molar-refractivity contribution in [2.24, 2.45) is 0 Å². The average Bonchev–Trinajstić information content (AvgIpc) is 1.59. The Bertz CT molecular complexity index is 95.5. The summed E-state index contributed by atoms with van der Waals surface area (Å²) < 4.78 is 0. The Hall–Kier alpha value is 1.64. The van der Waals surface area contributed by atoms with Gasteiger partial charge in [-0.05, 0) is 0 Å². The van der Waals surface area contributed by atoms with Crippen molar-refractivity contribution in [1.82, 2.24) is 0 Å². The van der Waals surface area contributed by atoms with Gasteiger partial charge in [0.2, 0.25) is 0 Å². The minimum atomic E-state index is -0.861. The zero-order chi connectivity index (χ0) is 11.0. The van der Waals surface area contributed by atoms with Gasteiger partial charge >= 0.3 is 54.8 Å². The van der Waals surface area contributed by atoms with E-state index in [2.05, 4.69) is 52.4 Å². The third-order valence-corrected chi connectivity index (χ3v) is 0. The van der Waals surface area contributed by atoms with E-state index in [9.17, 15) is 0 Å². The van der Waals surface area contributed by atoms with E-state index in [4.69, 9.17) is 11.8 Å². The fourth-order valence-electron chi connectivity index (χ4n) is 0. The third kappa shape index (κ3) is 1080. The summed E-state index contributed by atoms with van der Waals surface area (Å²) in [6.45, 7) is 25.9. The summed E-state index contributed by atoms with van der Waals surface area (Å²) in [6, 6.07) is 0. The molecule has 0 aliphatic rings. The average molecular weight is 278 g/mol. The van der Waals surface area contributed by atoms with Crippen molar-refractivity contribution in [1.29, 1.82) is 5.26 Å². The van der Waals surface area contributed by atoms with Gasteiger partial charge in [0.05, 0.1) is 0 Å². The molecule has 0 aliphatic heterocycles. The molecular weight excluding hydrogens is 256 g/mol. The second-order valence-electron chi connectivity index (χ2n) is 5.12. The maximum absolute atomic E-state index is 6.25. The predicted octanol–water partition coefficient (Wildman–Crippen LogP) is -2.50. The maximum Gasteiger partial charge on any atom is 1.00 e. The van der Waals surface area contributed by atoms with Crippen LogP contribution in [0, 0.1) is 24.9 Å². The van der Waals surface area contributed by atoms with Gasteiger partial charge in [-0.2, -0.15) is 0 Å². The number of hydrogen-bond acceptors (Lipinski definition) is 1. The predicted molar refractivity (Wildman–Crippen MR) is 62.4 cm³/mol. The molecule has 15 heavy (non-hydrogen) atoms. The van der Waals surface area contributed by atoms with Gasteiger partial charge in [0, 0.05) is 0 Å². The van der Waals surface area contributed by atoms with Gasteiger partial charge in [0.15, 0.2) is 0 Å². The Morgan fingerprint density at radius 3 is 0.733 bits per heavy atom. The van der Waals surface area contributed by atoms with Crippen molar-refractivity contribution in [3.63, 3.8) is 0 Å². The molecule has 0 unspecified atom stereocenters. The second kappa shape index (κ2) is 18.0. The number of rotatable bonds is 0. The van der Waals surface area contributed by atoms with Crippen molar-refractivity contribution >= 4 is 16.1 Å². The van der Waals surface area contributed by atoms with Crippen LogP contribution in [-0.4, -0.2) is 16.1 Å². The molecule has 0 rings (SSSR count). The first-order valence-corrected chi connectivity index (χ1v) is 11.3. The molecule has 84 valence electrons. The smallest absolute Gasteiger partial charge is 0.512 e. The molecule has 0 aromatic rings. The summed E-state index contributed by atoms with van der Waals surface area (Å²) in [5.41, 5.74) is 0. The number of nitrogens with zero attached hydrogens (tertiary/aromatic N) is 1. The van der Waals surface area contributed by atoms with Gasteiger partial charge in [-0.25, -0.2) is 0 Å². The van der Waals surface area contributed by atoms with Crippen LogP contribution in [-0.2, 0) is 17.1 Å².